The third-order valence-electron chi connectivity index (χ3n) is 2.57. The zero-order valence-electron chi connectivity index (χ0n) is 10.2. The van der Waals surface area contributed by atoms with Crippen molar-refractivity contribution in [2.45, 2.75) is 20.4 Å². The van der Waals surface area contributed by atoms with Gasteiger partial charge in [0.2, 0.25) is 5.95 Å². The Morgan fingerprint density at radius 1 is 1.06 bits per heavy atom. The van der Waals surface area contributed by atoms with Crippen LogP contribution in [0.1, 0.15) is 16.7 Å². The average molecular weight is 249 g/mol. The van der Waals surface area contributed by atoms with E-state index in [1.54, 1.807) is 26.0 Å². The molecule has 0 atom stereocenters. The van der Waals surface area contributed by atoms with Crippen LogP contribution in [0.25, 0.3) is 0 Å². The van der Waals surface area contributed by atoms with E-state index in [9.17, 15) is 8.78 Å². The molecule has 1 N–H and O–H groups in total. The van der Waals surface area contributed by atoms with Gasteiger partial charge in [-0.25, -0.2) is 18.7 Å². The molecule has 0 aliphatic rings. The van der Waals surface area contributed by atoms with Gasteiger partial charge in [0.15, 0.2) is 5.82 Å². The van der Waals surface area contributed by atoms with E-state index in [4.69, 9.17) is 0 Å². The number of hydrogen-bond donors (Lipinski definition) is 1. The predicted molar refractivity (Wildman–Crippen MR) is 65.2 cm³/mol. The lowest BCUT2D eigenvalue weighted by atomic mass is 10.1. The topological polar surface area (TPSA) is 37.8 Å². The zero-order chi connectivity index (χ0) is 13.1. The van der Waals surface area contributed by atoms with Crippen molar-refractivity contribution < 1.29 is 8.78 Å². The first kappa shape index (κ1) is 12.4. The smallest absolute Gasteiger partial charge is 0.223 e. The number of hydrogen-bond acceptors (Lipinski definition) is 3. The Labute approximate surface area is 104 Å². The summed E-state index contributed by atoms with van der Waals surface area (Å²) in [6.45, 7) is 3.91. The molecular weight excluding hydrogens is 236 g/mol. The van der Waals surface area contributed by atoms with Crippen molar-refractivity contribution in [3.05, 3.63) is 52.9 Å². The summed E-state index contributed by atoms with van der Waals surface area (Å²) in [7, 11) is 0. The maximum absolute atomic E-state index is 13.4. The molecule has 0 bridgehead atoms. The number of nitrogens with one attached hydrogen (secondary N) is 1. The molecule has 0 aliphatic carbocycles. The molecule has 3 nitrogen and oxygen atoms in total. The molecule has 2 aromatic rings. The standard InChI is InChI=1S/C13H13F2N3/c1-8-3-10(4-9(2)12(8)15)5-16-13-17-6-11(14)7-18-13/h3-4,6-7H,5H2,1-2H3,(H,16,17,18). The van der Waals surface area contributed by atoms with Gasteiger partial charge in [0.05, 0.1) is 12.4 Å². The quantitative estimate of drug-likeness (QED) is 0.908. The van der Waals surface area contributed by atoms with Crippen LogP contribution in [0.4, 0.5) is 14.7 Å². The third kappa shape index (κ3) is 2.80. The Bertz CT molecular complexity index is 530. The zero-order valence-corrected chi connectivity index (χ0v) is 10.2. The Kier molecular flexibility index (Phi) is 3.50. The molecule has 0 spiro atoms. The minimum Gasteiger partial charge on any atom is -0.350 e. The summed E-state index contributed by atoms with van der Waals surface area (Å²) >= 11 is 0. The Morgan fingerprint density at radius 3 is 2.17 bits per heavy atom. The fourth-order valence-corrected chi connectivity index (χ4v) is 1.72. The highest BCUT2D eigenvalue weighted by molar-refractivity contribution is 5.33. The van der Waals surface area contributed by atoms with E-state index in [0.29, 0.717) is 23.6 Å². The fourth-order valence-electron chi connectivity index (χ4n) is 1.72. The van der Waals surface area contributed by atoms with Gasteiger partial charge in [-0.05, 0) is 30.5 Å². The molecule has 0 amide bonds. The number of nitrogens with zero attached hydrogens (tertiary/aromatic N) is 2. The van der Waals surface area contributed by atoms with Gasteiger partial charge in [-0.3, -0.25) is 0 Å². The van der Waals surface area contributed by atoms with E-state index in [1.807, 2.05) is 0 Å². The minimum absolute atomic E-state index is 0.184. The second-order valence-corrected chi connectivity index (χ2v) is 4.12. The molecule has 0 aliphatic heterocycles. The SMILES string of the molecule is Cc1cc(CNc2ncc(F)cn2)cc(C)c1F. The number of halogens is 2. The van der Waals surface area contributed by atoms with Crippen molar-refractivity contribution in [1.29, 1.82) is 0 Å². The van der Waals surface area contributed by atoms with Gasteiger partial charge in [0.1, 0.15) is 5.82 Å². The molecule has 0 fully saturated rings. The fraction of sp³-hybridized carbons (Fsp3) is 0.231. The monoisotopic (exact) mass is 249 g/mol. The summed E-state index contributed by atoms with van der Waals surface area (Å²) in [6.07, 6.45) is 2.19. The van der Waals surface area contributed by atoms with Crippen LogP contribution in [-0.2, 0) is 6.54 Å². The summed E-state index contributed by atoms with van der Waals surface area (Å²) in [4.78, 5) is 7.57. The van der Waals surface area contributed by atoms with Crippen molar-refractivity contribution in [2.24, 2.45) is 0 Å². The molecule has 94 valence electrons. The highest BCUT2D eigenvalue weighted by atomic mass is 19.1. The summed E-state index contributed by atoms with van der Waals surface area (Å²) < 4.78 is 26.0. The van der Waals surface area contributed by atoms with Gasteiger partial charge in [-0.1, -0.05) is 12.1 Å². The highest BCUT2D eigenvalue weighted by Crippen LogP contribution is 2.15. The number of rotatable bonds is 3. The second kappa shape index (κ2) is 5.08. The summed E-state index contributed by atoms with van der Waals surface area (Å²) in [5, 5.41) is 2.95. The summed E-state index contributed by atoms with van der Waals surface area (Å²) in [5.74, 6) is -0.318. The van der Waals surface area contributed by atoms with Crippen LogP contribution in [0.3, 0.4) is 0 Å². The number of benzene rings is 1. The van der Waals surface area contributed by atoms with Crippen molar-refractivity contribution in [3.63, 3.8) is 0 Å². The van der Waals surface area contributed by atoms with E-state index in [2.05, 4.69) is 15.3 Å². The van der Waals surface area contributed by atoms with Gasteiger partial charge in [-0.2, -0.15) is 0 Å². The van der Waals surface area contributed by atoms with E-state index in [1.165, 1.54) is 0 Å². The third-order valence-corrected chi connectivity index (χ3v) is 2.57. The largest absolute Gasteiger partial charge is 0.350 e. The van der Waals surface area contributed by atoms with Crippen LogP contribution in [0.15, 0.2) is 24.5 Å². The first-order valence-corrected chi connectivity index (χ1v) is 5.53. The van der Waals surface area contributed by atoms with Gasteiger partial charge in [0.25, 0.3) is 0 Å². The van der Waals surface area contributed by atoms with Crippen LogP contribution >= 0.6 is 0 Å². The molecule has 1 heterocycles. The number of aromatic nitrogens is 2. The van der Waals surface area contributed by atoms with Gasteiger partial charge >= 0.3 is 0 Å². The number of anilines is 1. The van der Waals surface area contributed by atoms with Crippen LogP contribution in [0.2, 0.25) is 0 Å². The van der Waals surface area contributed by atoms with Crippen molar-refractivity contribution >= 4 is 5.95 Å². The Hall–Kier alpha value is -2.04. The van der Waals surface area contributed by atoms with Crippen molar-refractivity contribution in [2.75, 3.05) is 5.32 Å². The summed E-state index contributed by atoms with van der Waals surface area (Å²) in [6, 6.07) is 3.53. The highest BCUT2D eigenvalue weighted by Gasteiger charge is 2.04. The Morgan fingerprint density at radius 2 is 1.61 bits per heavy atom. The molecule has 1 aromatic heterocycles. The predicted octanol–water partition coefficient (Wildman–Crippen LogP) is 2.98. The molecule has 0 saturated heterocycles. The second-order valence-electron chi connectivity index (χ2n) is 4.12. The molecule has 2 rings (SSSR count). The Balaban J connectivity index is 2.08. The first-order chi connectivity index (χ1) is 8.56. The lowest BCUT2D eigenvalue weighted by molar-refractivity contribution is 0.608. The van der Waals surface area contributed by atoms with E-state index >= 15 is 0 Å². The van der Waals surface area contributed by atoms with E-state index < -0.39 is 5.82 Å². The van der Waals surface area contributed by atoms with Gasteiger partial charge in [-0.15, -0.1) is 0 Å². The molecular formula is C13H13F2N3. The van der Waals surface area contributed by atoms with Crippen molar-refractivity contribution in [3.8, 4) is 0 Å². The van der Waals surface area contributed by atoms with Crippen molar-refractivity contribution in [1.82, 2.24) is 9.97 Å². The number of aryl methyl sites for hydroxylation is 2. The lowest BCUT2D eigenvalue weighted by Gasteiger charge is -2.08. The molecule has 18 heavy (non-hydrogen) atoms. The average Bonchev–Trinajstić information content (AvgIpc) is 2.35. The normalized spacial score (nSPS) is 10.4. The lowest BCUT2D eigenvalue weighted by Crippen LogP contribution is -2.04. The molecule has 0 saturated carbocycles. The molecule has 0 radical (unpaired) electrons. The molecule has 1 aromatic carbocycles. The first-order valence-electron chi connectivity index (χ1n) is 5.53. The maximum Gasteiger partial charge on any atom is 0.223 e. The van der Waals surface area contributed by atoms with E-state index in [-0.39, 0.29) is 5.82 Å². The van der Waals surface area contributed by atoms with Crippen LogP contribution < -0.4 is 5.32 Å². The van der Waals surface area contributed by atoms with Gasteiger partial charge < -0.3 is 5.32 Å². The minimum atomic E-state index is -0.478. The molecule has 0 unspecified atom stereocenters. The van der Waals surface area contributed by atoms with Crippen LogP contribution in [-0.4, -0.2) is 9.97 Å². The molecule has 5 heteroatoms. The van der Waals surface area contributed by atoms with Crippen LogP contribution in [0, 0.1) is 25.5 Å². The van der Waals surface area contributed by atoms with Crippen LogP contribution in [0.5, 0.6) is 0 Å². The van der Waals surface area contributed by atoms with Gasteiger partial charge in [0, 0.05) is 6.54 Å². The maximum atomic E-state index is 13.4. The summed E-state index contributed by atoms with van der Waals surface area (Å²) in [5.41, 5.74) is 2.14. The van der Waals surface area contributed by atoms with E-state index in [0.717, 1.165) is 18.0 Å².